The molecule has 2 rings (SSSR count). The Morgan fingerprint density at radius 1 is 1.00 bits per heavy atom. The van der Waals surface area contributed by atoms with Crippen LogP contribution in [0.3, 0.4) is 0 Å². The van der Waals surface area contributed by atoms with E-state index in [1.807, 2.05) is 6.26 Å². The van der Waals surface area contributed by atoms with Crippen molar-refractivity contribution in [2.75, 3.05) is 38.4 Å². The molecule has 2 aromatic rings. The second-order valence-corrected chi connectivity index (χ2v) is 8.04. The van der Waals surface area contributed by atoms with Gasteiger partial charge in [0, 0.05) is 11.0 Å². The minimum Gasteiger partial charge on any atom is -0.493 e. The second kappa shape index (κ2) is 9.01. The predicted octanol–water partition coefficient (Wildman–Crippen LogP) is 2.79. The molecule has 0 radical (unpaired) electrons. The summed E-state index contributed by atoms with van der Waals surface area (Å²) in [7, 11) is 0.128. The zero-order chi connectivity index (χ0) is 20.0. The van der Waals surface area contributed by atoms with Gasteiger partial charge in [-0.15, -0.1) is 11.8 Å². The summed E-state index contributed by atoms with van der Waals surface area (Å²) in [5, 5.41) is 0. The van der Waals surface area contributed by atoms with Gasteiger partial charge in [0.1, 0.15) is 6.54 Å². The molecule has 2 aromatic carbocycles. The Balaban J connectivity index is 2.54. The van der Waals surface area contributed by atoms with Crippen molar-refractivity contribution >= 4 is 33.4 Å². The Bertz CT molecular complexity index is 897. The van der Waals surface area contributed by atoms with Crippen LogP contribution in [0.15, 0.2) is 52.3 Å². The zero-order valence-corrected chi connectivity index (χ0v) is 17.1. The van der Waals surface area contributed by atoms with Gasteiger partial charge in [0.15, 0.2) is 11.5 Å². The van der Waals surface area contributed by atoms with Crippen molar-refractivity contribution in [1.29, 1.82) is 0 Å². The molecule has 0 bridgehead atoms. The molecule has 0 aromatic heterocycles. The average molecular weight is 412 g/mol. The van der Waals surface area contributed by atoms with Crippen LogP contribution in [0, 0.1) is 0 Å². The molecule has 0 aliphatic rings. The fraction of sp³-hybridized carbons (Fsp3) is 0.278. The lowest BCUT2D eigenvalue weighted by Gasteiger charge is -2.24. The van der Waals surface area contributed by atoms with Gasteiger partial charge in [0.2, 0.25) is 0 Å². The van der Waals surface area contributed by atoms with Crippen LogP contribution < -0.4 is 13.8 Å². The van der Waals surface area contributed by atoms with Crippen molar-refractivity contribution in [1.82, 2.24) is 0 Å². The van der Waals surface area contributed by atoms with Crippen molar-refractivity contribution < 1.29 is 27.4 Å². The molecule has 27 heavy (non-hydrogen) atoms. The number of anilines is 1. The van der Waals surface area contributed by atoms with Gasteiger partial charge in [0.25, 0.3) is 10.0 Å². The Morgan fingerprint density at radius 3 is 2.15 bits per heavy atom. The van der Waals surface area contributed by atoms with Crippen molar-refractivity contribution in [2.45, 2.75) is 9.79 Å². The van der Waals surface area contributed by atoms with E-state index in [4.69, 9.17) is 9.47 Å². The third kappa shape index (κ3) is 4.67. The molecule has 0 atom stereocenters. The van der Waals surface area contributed by atoms with E-state index in [-0.39, 0.29) is 10.6 Å². The highest BCUT2D eigenvalue weighted by Gasteiger charge is 2.28. The van der Waals surface area contributed by atoms with E-state index >= 15 is 0 Å². The first-order valence-electron chi connectivity index (χ1n) is 7.83. The maximum atomic E-state index is 13.2. The van der Waals surface area contributed by atoms with E-state index in [0.29, 0.717) is 11.5 Å². The first-order chi connectivity index (χ1) is 12.9. The van der Waals surface area contributed by atoms with E-state index in [2.05, 4.69) is 4.74 Å². The number of carbonyl (C=O) groups excluding carboxylic acids is 1. The van der Waals surface area contributed by atoms with Crippen LogP contribution in [0.1, 0.15) is 0 Å². The molecule has 0 aliphatic carbocycles. The summed E-state index contributed by atoms with van der Waals surface area (Å²) in [6.45, 7) is -0.474. The number of esters is 1. The zero-order valence-electron chi connectivity index (χ0n) is 15.5. The van der Waals surface area contributed by atoms with Crippen molar-refractivity contribution in [3.63, 3.8) is 0 Å². The van der Waals surface area contributed by atoms with Gasteiger partial charge in [-0.2, -0.15) is 0 Å². The molecule has 0 saturated carbocycles. The molecule has 0 N–H and O–H groups in total. The topological polar surface area (TPSA) is 82.1 Å². The number of hydrogen-bond acceptors (Lipinski definition) is 7. The molecule has 0 saturated heterocycles. The van der Waals surface area contributed by atoms with Crippen molar-refractivity contribution in [3.05, 3.63) is 42.5 Å². The number of carbonyl (C=O) groups is 1. The van der Waals surface area contributed by atoms with Crippen LogP contribution in [0.5, 0.6) is 11.5 Å². The maximum Gasteiger partial charge on any atom is 0.326 e. The molecule has 0 unspecified atom stereocenters. The van der Waals surface area contributed by atoms with Crippen LogP contribution in [0.25, 0.3) is 0 Å². The van der Waals surface area contributed by atoms with E-state index in [1.54, 1.807) is 18.2 Å². The number of nitrogens with zero attached hydrogens (tertiary/aromatic N) is 1. The number of methoxy groups -OCH3 is 3. The summed E-state index contributed by atoms with van der Waals surface area (Å²) in [5.41, 5.74) is 0.256. The van der Waals surface area contributed by atoms with Gasteiger partial charge in [-0.3, -0.25) is 9.10 Å². The fourth-order valence-electron chi connectivity index (χ4n) is 2.35. The molecule has 0 amide bonds. The van der Waals surface area contributed by atoms with Gasteiger partial charge in [-0.1, -0.05) is 0 Å². The van der Waals surface area contributed by atoms with Crippen molar-refractivity contribution in [2.24, 2.45) is 0 Å². The lowest BCUT2D eigenvalue weighted by atomic mass is 10.2. The number of thioether (sulfide) groups is 1. The van der Waals surface area contributed by atoms with Gasteiger partial charge >= 0.3 is 5.97 Å². The third-order valence-corrected chi connectivity index (χ3v) is 6.33. The summed E-state index contributed by atoms with van der Waals surface area (Å²) < 4.78 is 42.4. The van der Waals surface area contributed by atoms with Crippen LogP contribution in [0.2, 0.25) is 0 Å². The van der Waals surface area contributed by atoms with Gasteiger partial charge in [-0.25, -0.2) is 8.42 Å². The Morgan fingerprint density at radius 2 is 1.63 bits per heavy atom. The summed E-state index contributed by atoms with van der Waals surface area (Å²) in [5.74, 6) is 0.105. The van der Waals surface area contributed by atoms with Crippen LogP contribution in [-0.2, 0) is 19.6 Å². The van der Waals surface area contributed by atoms with Gasteiger partial charge in [-0.05, 0) is 42.7 Å². The SMILES string of the molecule is COC(=O)CN(c1ccc(OC)c(OC)c1)S(=O)(=O)c1ccc(SC)cc1. The molecule has 0 spiro atoms. The van der Waals surface area contributed by atoms with Crippen molar-refractivity contribution in [3.8, 4) is 11.5 Å². The fourth-order valence-corrected chi connectivity index (χ4v) is 4.16. The first-order valence-corrected chi connectivity index (χ1v) is 10.5. The van der Waals surface area contributed by atoms with E-state index in [0.717, 1.165) is 9.20 Å². The largest absolute Gasteiger partial charge is 0.493 e. The lowest BCUT2D eigenvalue weighted by molar-refractivity contribution is -0.138. The second-order valence-electron chi connectivity index (χ2n) is 5.30. The molecule has 0 heterocycles. The maximum absolute atomic E-state index is 13.2. The Kier molecular flexibility index (Phi) is 6.98. The van der Waals surface area contributed by atoms with E-state index in [9.17, 15) is 13.2 Å². The Labute approximate surface area is 163 Å². The monoisotopic (exact) mass is 411 g/mol. The van der Waals surface area contributed by atoms with Gasteiger partial charge < -0.3 is 14.2 Å². The highest BCUT2D eigenvalue weighted by atomic mass is 32.2. The standard InChI is InChI=1S/C18H21NO6S2/c1-23-16-10-5-13(11-17(16)24-2)19(12-18(20)25-3)27(21,22)15-8-6-14(26-4)7-9-15/h5-11H,12H2,1-4H3. The lowest BCUT2D eigenvalue weighted by Crippen LogP contribution is -2.36. The summed E-state index contributed by atoms with van der Waals surface area (Å²) >= 11 is 1.50. The van der Waals surface area contributed by atoms with Crippen LogP contribution >= 0.6 is 11.8 Å². The molecule has 0 fully saturated rings. The highest BCUT2D eigenvalue weighted by molar-refractivity contribution is 7.98. The molecular formula is C18H21NO6S2. The van der Waals surface area contributed by atoms with Crippen LogP contribution in [0.4, 0.5) is 5.69 Å². The number of rotatable bonds is 8. The van der Waals surface area contributed by atoms with Crippen LogP contribution in [-0.4, -0.2) is 48.5 Å². The normalized spacial score (nSPS) is 11.0. The predicted molar refractivity (Wildman–Crippen MR) is 104 cm³/mol. The average Bonchev–Trinajstić information content (AvgIpc) is 2.71. The molecule has 146 valence electrons. The number of hydrogen-bond donors (Lipinski definition) is 0. The first kappa shape index (κ1) is 20.9. The van der Waals surface area contributed by atoms with E-state index < -0.39 is 22.5 Å². The summed E-state index contributed by atoms with van der Waals surface area (Å²) in [6, 6.07) is 11.0. The number of benzene rings is 2. The molecule has 9 heteroatoms. The minimum absolute atomic E-state index is 0.0685. The summed E-state index contributed by atoms with van der Waals surface area (Å²) in [6.07, 6.45) is 1.90. The highest BCUT2D eigenvalue weighted by Crippen LogP contribution is 2.34. The summed E-state index contributed by atoms with van der Waals surface area (Å²) in [4.78, 5) is 12.9. The Hall–Kier alpha value is -2.39. The third-order valence-electron chi connectivity index (χ3n) is 3.80. The number of ether oxygens (including phenoxy) is 3. The molecule has 0 aliphatic heterocycles. The smallest absolute Gasteiger partial charge is 0.326 e. The quantitative estimate of drug-likeness (QED) is 0.488. The van der Waals surface area contributed by atoms with Gasteiger partial charge in [0.05, 0.1) is 31.9 Å². The molecular weight excluding hydrogens is 390 g/mol. The molecule has 7 nitrogen and oxygen atoms in total. The minimum atomic E-state index is -4.00. The number of sulfonamides is 1. The van der Waals surface area contributed by atoms with E-state index in [1.165, 1.54) is 57.4 Å².